The Morgan fingerprint density at radius 3 is 2.29 bits per heavy atom. The van der Waals surface area contributed by atoms with Crippen LogP contribution in [0.1, 0.15) is 5.82 Å². The SMILES string of the molecule is Nc1ccc2nnc(C(F)(F)C(F)(F)F)n2c1. The predicted octanol–water partition coefficient (Wildman–Crippen LogP) is 1.97. The molecule has 0 aromatic carbocycles. The Hall–Kier alpha value is -1.93. The van der Waals surface area contributed by atoms with Crippen molar-refractivity contribution in [2.75, 3.05) is 5.73 Å². The van der Waals surface area contributed by atoms with Gasteiger partial charge in [0.1, 0.15) is 0 Å². The highest BCUT2D eigenvalue weighted by molar-refractivity contribution is 5.47. The van der Waals surface area contributed by atoms with Gasteiger partial charge in [-0.15, -0.1) is 10.2 Å². The average Bonchev–Trinajstić information content (AvgIpc) is 2.58. The number of nitrogen functional groups attached to an aromatic ring is 1. The number of aromatic nitrogens is 3. The van der Waals surface area contributed by atoms with E-state index < -0.39 is 17.9 Å². The minimum Gasteiger partial charge on any atom is -0.398 e. The van der Waals surface area contributed by atoms with Crippen molar-refractivity contribution in [2.24, 2.45) is 0 Å². The molecule has 0 unspecified atom stereocenters. The number of halogens is 5. The lowest BCUT2D eigenvalue weighted by Crippen LogP contribution is -2.35. The van der Waals surface area contributed by atoms with E-state index in [0.717, 1.165) is 6.20 Å². The summed E-state index contributed by atoms with van der Waals surface area (Å²) in [5.74, 6) is -6.59. The Morgan fingerprint density at radius 1 is 1.06 bits per heavy atom. The third-order valence-electron chi connectivity index (χ3n) is 2.06. The number of nitrogens with two attached hydrogens (primary N) is 1. The van der Waals surface area contributed by atoms with Crippen LogP contribution in [0.5, 0.6) is 0 Å². The number of fused-ring (bicyclic) bond motifs is 1. The summed E-state index contributed by atoms with van der Waals surface area (Å²) in [6, 6.07) is 2.51. The van der Waals surface area contributed by atoms with Crippen molar-refractivity contribution in [3.05, 3.63) is 24.2 Å². The summed E-state index contributed by atoms with van der Waals surface area (Å²) in [6.45, 7) is 0. The van der Waals surface area contributed by atoms with Crippen LogP contribution in [-0.4, -0.2) is 20.8 Å². The first-order chi connectivity index (χ1) is 7.73. The van der Waals surface area contributed by atoms with Crippen LogP contribution in [0.2, 0.25) is 0 Å². The van der Waals surface area contributed by atoms with Gasteiger partial charge in [0.25, 0.3) is 0 Å². The molecular weight excluding hydrogens is 247 g/mol. The second kappa shape index (κ2) is 3.28. The topological polar surface area (TPSA) is 56.2 Å². The molecule has 0 saturated carbocycles. The van der Waals surface area contributed by atoms with Crippen molar-refractivity contribution >= 4 is 11.3 Å². The van der Waals surface area contributed by atoms with E-state index in [-0.39, 0.29) is 11.3 Å². The molecule has 0 aliphatic heterocycles. The van der Waals surface area contributed by atoms with Gasteiger partial charge in [-0.3, -0.25) is 4.40 Å². The highest BCUT2D eigenvalue weighted by Crippen LogP contribution is 2.42. The van der Waals surface area contributed by atoms with Gasteiger partial charge in [-0.05, 0) is 12.1 Å². The van der Waals surface area contributed by atoms with Gasteiger partial charge in [0.2, 0.25) is 5.82 Å². The van der Waals surface area contributed by atoms with Gasteiger partial charge in [0, 0.05) is 11.9 Å². The maximum absolute atomic E-state index is 13.1. The summed E-state index contributed by atoms with van der Waals surface area (Å²) in [6.07, 6.45) is -4.83. The molecule has 17 heavy (non-hydrogen) atoms. The molecule has 92 valence electrons. The van der Waals surface area contributed by atoms with E-state index in [0.29, 0.717) is 4.40 Å². The number of hydrogen-bond donors (Lipinski definition) is 1. The molecule has 0 saturated heterocycles. The van der Waals surface area contributed by atoms with Crippen LogP contribution < -0.4 is 5.73 Å². The zero-order chi connectivity index (χ0) is 12.8. The van der Waals surface area contributed by atoms with Gasteiger partial charge in [-0.1, -0.05) is 0 Å². The first kappa shape index (κ1) is 11.6. The van der Waals surface area contributed by atoms with E-state index in [9.17, 15) is 22.0 Å². The molecule has 0 radical (unpaired) electrons. The molecule has 2 aromatic rings. The predicted molar refractivity (Wildman–Crippen MR) is 47.3 cm³/mol. The Labute approximate surface area is 90.9 Å². The lowest BCUT2D eigenvalue weighted by atomic mass is 10.3. The Morgan fingerprint density at radius 2 is 1.71 bits per heavy atom. The molecule has 0 aliphatic carbocycles. The highest BCUT2D eigenvalue weighted by Gasteiger charge is 2.61. The van der Waals surface area contributed by atoms with Crippen LogP contribution in [0.25, 0.3) is 5.65 Å². The molecule has 9 heteroatoms. The molecule has 4 nitrogen and oxygen atoms in total. The second-order valence-electron chi connectivity index (χ2n) is 3.29. The number of rotatable bonds is 1. The maximum Gasteiger partial charge on any atom is 0.461 e. The quantitative estimate of drug-likeness (QED) is 0.789. The number of nitrogens with zero attached hydrogens (tertiary/aromatic N) is 3. The average molecular weight is 252 g/mol. The third-order valence-corrected chi connectivity index (χ3v) is 2.06. The molecule has 2 heterocycles. The van der Waals surface area contributed by atoms with E-state index >= 15 is 0 Å². The molecule has 0 bridgehead atoms. The smallest absolute Gasteiger partial charge is 0.398 e. The molecule has 2 aromatic heterocycles. The minimum absolute atomic E-state index is 0.0246. The van der Waals surface area contributed by atoms with Crippen LogP contribution in [0, 0.1) is 0 Å². The summed E-state index contributed by atoms with van der Waals surface area (Å²) in [5, 5.41) is 6.08. The summed E-state index contributed by atoms with van der Waals surface area (Å²) >= 11 is 0. The van der Waals surface area contributed by atoms with E-state index in [1.165, 1.54) is 12.1 Å². The largest absolute Gasteiger partial charge is 0.461 e. The van der Waals surface area contributed by atoms with E-state index in [1.807, 2.05) is 0 Å². The number of alkyl halides is 5. The Bertz CT molecular complexity index is 559. The van der Waals surface area contributed by atoms with Gasteiger partial charge in [-0.2, -0.15) is 22.0 Å². The van der Waals surface area contributed by atoms with Gasteiger partial charge in [0.05, 0.1) is 0 Å². The zero-order valence-electron chi connectivity index (χ0n) is 8.04. The van der Waals surface area contributed by atoms with Crippen molar-refractivity contribution < 1.29 is 22.0 Å². The van der Waals surface area contributed by atoms with E-state index in [1.54, 1.807) is 0 Å². The maximum atomic E-state index is 13.1. The summed E-state index contributed by atoms with van der Waals surface area (Å²) in [5.41, 5.74) is 5.19. The molecular formula is C8H5F5N4. The lowest BCUT2D eigenvalue weighted by molar-refractivity contribution is -0.292. The number of anilines is 1. The Kier molecular flexibility index (Phi) is 2.23. The van der Waals surface area contributed by atoms with E-state index in [2.05, 4.69) is 10.2 Å². The first-order valence-electron chi connectivity index (χ1n) is 4.29. The molecule has 0 fully saturated rings. The standard InChI is InChI=1S/C8H5F5N4/c9-7(10,8(11,12)13)6-16-15-5-2-1-4(14)3-17(5)6/h1-3H,14H2. The normalized spacial score (nSPS) is 13.2. The summed E-state index contributed by atoms with van der Waals surface area (Å²) in [4.78, 5) is 0. The fourth-order valence-corrected chi connectivity index (χ4v) is 1.25. The van der Waals surface area contributed by atoms with Crippen molar-refractivity contribution in [1.82, 2.24) is 14.6 Å². The first-order valence-corrected chi connectivity index (χ1v) is 4.29. The van der Waals surface area contributed by atoms with Crippen molar-refractivity contribution in [3.63, 3.8) is 0 Å². The zero-order valence-corrected chi connectivity index (χ0v) is 8.04. The molecule has 2 N–H and O–H groups in total. The molecule has 2 rings (SSSR count). The third kappa shape index (κ3) is 1.67. The van der Waals surface area contributed by atoms with Crippen molar-refractivity contribution in [2.45, 2.75) is 12.1 Å². The summed E-state index contributed by atoms with van der Waals surface area (Å²) < 4.78 is 63.1. The second-order valence-corrected chi connectivity index (χ2v) is 3.29. The Balaban J connectivity index is 2.68. The van der Waals surface area contributed by atoms with E-state index in [4.69, 9.17) is 5.73 Å². The fourth-order valence-electron chi connectivity index (χ4n) is 1.25. The van der Waals surface area contributed by atoms with Crippen LogP contribution in [0.4, 0.5) is 27.6 Å². The van der Waals surface area contributed by atoms with Crippen molar-refractivity contribution in [3.8, 4) is 0 Å². The molecule has 0 spiro atoms. The highest BCUT2D eigenvalue weighted by atomic mass is 19.4. The van der Waals surface area contributed by atoms with Crippen LogP contribution in [-0.2, 0) is 5.92 Å². The molecule has 0 amide bonds. The molecule has 0 aliphatic rings. The number of hydrogen-bond acceptors (Lipinski definition) is 3. The lowest BCUT2D eigenvalue weighted by Gasteiger charge is -2.17. The summed E-state index contributed by atoms with van der Waals surface area (Å²) in [7, 11) is 0. The van der Waals surface area contributed by atoms with Crippen LogP contribution in [0.15, 0.2) is 18.3 Å². The monoisotopic (exact) mass is 252 g/mol. The molecule has 0 atom stereocenters. The van der Waals surface area contributed by atoms with Gasteiger partial charge >= 0.3 is 12.1 Å². The minimum atomic E-state index is -5.74. The van der Waals surface area contributed by atoms with Crippen molar-refractivity contribution in [1.29, 1.82) is 0 Å². The van der Waals surface area contributed by atoms with Crippen LogP contribution in [0.3, 0.4) is 0 Å². The van der Waals surface area contributed by atoms with Gasteiger partial charge in [0.15, 0.2) is 5.65 Å². The van der Waals surface area contributed by atoms with Gasteiger partial charge < -0.3 is 5.73 Å². The number of pyridine rings is 1. The fraction of sp³-hybridized carbons (Fsp3) is 0.250. The van der Waals surface area contributed by atoms with Crippen LogP contribution >= 0.6 is 0 Å². The van der Waals surface area contributed by atoms with Gasteiger partial charge in [-0.25, -0.2) is 0 Å².